The molecule has 0 aliphatic heterocycles. The molecule has 1 atom stereocenters. The lowest BCUT2D eigenvalue weighted by Gasteiger charge is -2.15. The van der Waals surface area contributed by atoms with Crippen molar-refractivity contribution >= 4 is 40.5 Å². The van der Waals surface area contributed by atoms with E-state index >= 15 is 0 Å². The van der Waals surface area contributed by atoms with Crippen molar-refractivity contribution in [2.45, 2.75) is 38.2 Å². The highest BCUT2D eigenvalue weighted by molar-refractivity contribution is 7.20. The standard InChI is InChI=1S/C30H25ClFNO3S/c1-18(23-4-3-5-25(32)16-23)36-29(35)33-26-17-27(31)37-28(26)22-8-6-20(7-9-22)21-10-12-24(13-11-21)30(14-15-30)19(2)34/h3-13,16-18H,14-15H2,1-2H3,(H,33,35)/t18-/m1/s1. The van der Waals surface area contributed by atoms with Gasteiger partial charge in [0, 0.05) is 0 Å². The molecule has 0 bridgehead atoms. The van der Waals surface area contributed by atoms with E-state index in [0.717, 1.165) is 40.0 Å². The number of ketones is 1. The van der Waals surface area contributed by atoms with Crippen molar-refractivity contribution in [2.75, 3.05) is 5.32 Å². The normalized spacial score (nSPS) is 14.6. The zero-order valence-electron chi connectivity index (χ0n) is 20.4. The van der Waals surface area contributed by atoms with Crippen LogP contribution in [0.3, 0.4) is 0 Å². The topological polar surface area (TPSA) is 55.4 Å². The van der Waals surface area contributed by atoms with Gasteiger partial charge < -0.3 is 4.74 Å². The highest BCUT2D eigenvalue weighted by Gasteiger charge is 2.48. The molecule has 3 aromatic carbocycles. The molecule has 0 unspecified atom stereocenters. The van der Waals surface area contributed by atoms with Crippen LogP contribution in [0, 0.1) is 5.82 Å². The molecule has 4 aromatic rings. The van der Waals surface area contributed by atoms with Crippen molar-refractivity contribution in [1.29, 1.82) is 0 Å². The summed E-state index contributed by atoms with van der Waals surface area (Å²) in [7, 11) is 0. The minimum atomic E-state index is -0.650. The quantitative estimate of drug-likeness (QED) is 0.258. The maximum Gasteiger partial charge on any atom is 0.412 e. The first-order valence-electron chi connectivity index (χ1n) is 12.0. The fourth-order valence-electron chi connectivity index (χ4n) is 4.56. The number of anilines is 1. The third kappa shape index (κ3) is 5.31. The predicted octanol–water partition coefficient (Wildman–Crippen LogP) is 8.80. The van der Waals surface area contributed by atoms with E-state index in [9.17, 15) is 14.0 Å². The van der Waals surface area contributed by atoms with E-state index in [1.807, 2.05) is 24.3 Å². The molecule has 1 heterocycles. The Kier molecular flexibility index (Phi) is 6.88. The van der Waals surface area contributed by atoms with E-state index in [1.54, 1.807) is 32.0 Å². The van der Waals surface area contributed by atoms with E-state index in [4.69, 9.17) is 16.3 Å². The molecule has 1 amide bonds. The minimum Gasteiger partial charge on any atom is -0.441 e. The SMILES string of the molecule is CC(=O)C1(c2ccc(-c3ccc(-c4sc(Cl)cc4NC(=O)O[C@H](C)c4cccc(F)c4)cc3)cc2)CC1. The second-order valence-corrected chi connectivity index (χ2v) is 11.0. The summed E-state index contributed by atoms with van der Waals surface area (Å²) in [6.45, 7) is 3.36. The smallest absolute Gasteiger partial charge is 0.412 e. The molecule has 1 saturated carbocycles. The van der Waals surface area contributed by atoms with E-state index in [2.05, 4.69) is 29.6 Å². The summed E-state index contributed by atoms with van der Waals surface area (Å²) in [4.78, 5) is 25.4. The van der Waals surface area contributed by atoms with Crippen molar-refractivity contribution in [1.82, 2.24) is 0 Å². The Morgan fingerprint density at radius 3 is 2.19 bits per heavy atom. The number of hydrogen-bond donors (Lipinski definition) is 1. The number of rotatable bonds is 7. The molecular formula is C30H25ClFNO3S. The number of thiophene rings is 1. The van der Waals surface area contributed by atoms with Gasteiger partial charge in [-0.1, -0.05) is 72.3 Å². The predicted molar refractivity (Wildman–Crippen MR) is 147 cm³/mol. The second kappa shape index (κ2) is 10.1. The van der Waals surface area contributed by atoms with Crippen LogP contribution in [-0.4, -0.2) is 11.9 Å². The van der Waals surface area contributed by atoms with Crippen molar-refractivity contribution in [3.05, 3.63) is 100 Å². The van der Waals surface area contributed by atoms with Crippen LogP contribution >= 0.6 is 22.9 Å². The summed E-state index contributed by atoms with van der Waals surface area (Å²) in [5.74, 6) is -0.154. The van der Waals surface area contributed by atoms with E-state index < -0.39 is 12.2 Å². The molecule has 5 rings (SSSR count). The largest absolute Gasteiger partial charge is 0.441 e. The summed E-state index contributed by atoms with van der Waals surface area (Å²) < 4.78 is 19.5. The molecule has 1 fully saturated rings. The van der Waals surface area contributed by atoms with Crippen LogP contribution in [-0.2, 0) is 14.9 Å². The lowest BCUT2D eigenvalue weighted by molar-refractivity contribution is -0.119. The summed E-state index contributed by atoms with van der Waals surface area (Å²) in [6.07, 6.45) is 0.577. The average Bonchev–Trinajstić information content (AvgIpc) is 3.62. The molecule has 1 aliphatic carbocycles. The number of benzene rings is 3. The van der Waals surface area contributed by atoms with Crippen LogP contribution in [0.4, 0.5) is 14.9 Å². The van der Waals surface area contributed by atoms with Gasteiger partial charge in [0.05, 0.1) is 20.3 Å². The van der Waals surface area contributed by atoms with E-state index in [-0.39, 0.29) is 17.0 Å². The van der Waals surface area contributed by atoms with Crippen molar-refractivity contribution < 1.29 is 18.7 Å². The first-order valence-corrected chi connectivity index (χ1v) is 13.2. The Morgan fingerprint density at radius 2 is 1.59 bits per heavy atom. The Bertz CT molecular complexity index is 1460. The van der Waals surface area contributed by atoms with Gasteiger partial charge in [0.15, 0.2) is 0 Å². The van der Waals surface area contributed by atoms with E-state index in [1.165, 1.54) is 23.5 Å². The second-order valence-electron chi connectivity index (χ2n) is 9.31. The molecular weight excluding hydrogens is 509 g/mol. The molecule has 4 nitrogen and oxygen atoms in total. The van der Waals surface area contributed by atoms with Crippen LogP contribution in [0.1, 0.15) is 43.9 Å². The number of Topliss-reactive ketones (excluding diaryl/α,β-unsaturated/α-hetero) is 1. The number of ether oxygens (including phenoxy) is 1. The number of hydrogen-bond acceptors (Lipinski definition) is 4. The van der Waals surface area contributed by atoms with Gasteiger partial charge in [-0.25, -0.2) is 9.18 Å². The summed E-state index contributed by atoms with van der Waals surface area (Å²) in [5.41, 5.74) is 4.93. The first-order chi connectivity index (χ1) is 17.7. The summed E-state index contributed by atoms with van der Waals surface area (Å²) in [6, 6.07) is 23.9. The molecule has 37 heavy (non-hydrogen) atoms. The van der Waals surface area contributed by atoms with Crippen LogP contribution in [0.5, 0.6) is 0 Å². The van der Waals surface area contributed by atoms with Gasteiger partial charge in [-0.2, -0.15) is 0 Å². The number of amides is 1. The summed E-state index contributed by atoms with van der Waals surface area (Å²) in [5, 5.41) is 2.77. The molecule has 188 valence electrons. The minimum absolute atomic E-state index is 0.232. The van der Waals surface area contributed by atoms with Gasteiger partial charge in [-0.05, 0) is 72.7 Å². The van der Waals surface area contributed by atoms with Crippen LogP contribution < -0.4 is 5.32 Å². The zero-order chi connectivity index (χ0) is 26.2. The lowest BCUT2D eigenvalue weighted by atomic mass is 9.90. The number of nitrogens with one attached hydrogen (secondary N) is 1. The lowest BCUT2D eigenvalue weighted by Crippen LogP contribution is -2.16. The van der Waals surface area contributed by atoms with Crippen LogP contribution in [0.2, 0.25) is 4.34 Å². The highest BCUT2D eigenvalue weighted by atomic mass is 35.5. The highest BCUT2D eigenvalue weighted by Crippen LogP contribution is 2.49. The molecule has 0 radical (unpaired) electrons. The van der Waals surface area contributed by atoms with Crippen molar-refractivity contribution in [2.24, 2.45) is 0 Å². The van der Waals surface area contributed by atoms with Gasteiger partial charge in [-0.3, -0.25) is 10.1 Å². The molecule has 1 N–H and O–H groups in total. The number of carbonyl (C=O) groups excluding carboxylic acids is 2. The molecule has 7 heteroatoms. The number of halogens is 2. The Morgan fingerprint density at radius 1 is 0.973 bits per heavy atom. The molecule has 0 spiro atoms. The molecule has 0 saturated heterocycles. The average molecular weight is 534 g/mol. The maximum atomic E-state index is 13.5. The first kappa shape index (κ1) is 25.2. The van der Waals surface area contributed by atoms with Gasteiger partial charge in [-0.15, -0.1) is 11.3 Å². The van der Waals surface area contributed by atoms with Gasteiger partial charge in [0.25, 0.3) is 0 Å². The molecule has 1 aliphatic rings. The van der Waals surface area contributed by atoms with Crippen molar-refractivity contribution in [3.8, 4) is 21.6 Å². The monoisotopic (exact) mass is 533 g/mol. The third-order valence-electron chi connectivity index (χ3n) is 6.88. The fraction of sp³-hybridized carbons (Fsp3) is 0.200. The maximum absolute atomic E-state index is 13.5. The van der Waals surface area contributed by atoms with Gasteiger partial charge >= 0.3 is 6.09 Å². The summed E-state index contributed by atoms with van der Waals surface area (Å²) >= 11 is 7.64. The van der Waals surface area contributed by atoms with E-state index in [0.29, 0.717) is 15.6 Å². The molecule has 1 aromatic heterocycles. The zero-order valence-corrected chi connectivity index (χ0v) is 22.0. The van der Waals surface area contributed by atoms with Gasteiger partial charge in [0.1, 0.15) is 17.7 Å². The van der Waals surface area contributed by atoms with Crippen LogP contribution in [0.15, 0.2) is 78.9 Å². The Hall–Kier alpha value is -3.48. The fourth-order valence-corrected chi connectivity index (χ4v) is 5.75. The Balaban J connectivity index is 1.30. The number of carbonyl (C=O) groups is 2. The van der Waals surface area contributed by atoms with Crippen molar-refractivity contribution in [3.63, 3.8) is 0 Å². The third-order valence-corrected chi connectivity index (χ3v) is 8.20. The van der Waals surface area contributed by atoms with Crippen LogP contribution in [0.25, 0.3) is 21.6 Å². The van der Waals surface area contributed by atoms with Gasteiger partial charge in [0.2, 0.25) is 0 Å². The Labute approximate surface area is 224 Å².